The second-order valence-electron chi connectivity index (χ2n) is 8.06. The number of rotatable bonds is 5. The number of aromatic nitrogens is 1. The minimum Gasteiger partial charge on any atom is -0.506 e. The van der Waals surface area contributed by atoms with Gasteiger partial charge in [0.1, 0.15) is 5.76 Å². The SMILES string of the molecule is C#C/C(=C\C=C\C1=C(O)C(C=C)=C(C=C)S1=O)c1cc[n+]2c(c1)C(C)(C)c1ccccc1-2. The molecule has 2 aromatic rings. The molecule has 3 nitrogen and oxygen atoms in total. The fourth-order valence-electron chi connectivity index (χ4n) is 4.25. The molecule has 1 aromatic heterocycles. The molecule has 1 N–H and O–H groups in total. The van der Waals surface area contributed by atoms with E-state index in [4.69, 9.17) is 6.42 Å². The summed E-state index contributed by atoms with van der Waals surface area (Å²) in [7, 11) is -1.50. The van der Waals surface area contributed by atoms with Crippen molar-refractivity contribution in [1.29, 1.82) is 0 Å². The Balaban J connectivity index is 1.68. The van der Waals surface area contributed by atoms with E-state index in [9.17, 15) is 9.32 Å². The minimum absolute atomic E-state index is 0.0476. The number of benzene rings is 1. The molecule has 0 fully saturated rings. The Morgan fingerprint density at radius 3 is 2.59 bits per heavy atom. The van der Waals surface area contributed by atoms with Crippen LogP contribution in [0.25, 0.3) is 11.3 Å². The first-order valence-corrected chi connectivity index (χ1v) is 11.4. The van der Waals surface area contributed by atoms with Crippen LogP contribution in [-0.4, -0.2) is 9.32 Å². The molecule has 1 atom stereocenters. The fourth-order valence-corrected chi connectivity index (χ4v) is 5.50. The Bertz CT molecular complexity index is 1360. The average molecular weight is 439 g/mol. The lowest BCUT2D eigenvalue weighted by Gasteiger charge is -2.14. The Kier molecular flexibility index (Phi) is 5.46. The number of nitrogens with zero attached hydrogens (tertiary/aromatic N) is 1. The van der Waals surface area contributed by atoms with Crippen LogP contribution >= 0.6 is 0 Å². The van der Waals surface area contributed by atoms with Crippen LogP contribution in [0.15, 0.2) is 107 Å². The third-order valence-corrected chi connectivity index (χ3v) is 7.47. The van der Waals surface area contributed by atoms with Crippen molar-refractivity contribution in [2.45, 2.75) is 19.3 Å². The lowest BCUT2D eigenvalue weighted by Crippen LogP contribution is -2.34. The number of terminal acetylenes is 1. The molecule has 3 heterocycles. The van der Waals surface area contributed by atoms with Gasteiger partial charge in [0.2, 0.25) is 5.69 Å². The molecule has 32 heavy (non-hydrogen) atoms. The van der Waals surface area contributed by atoms with Crippen molar-refractivity contribution in [1.82, 2.24) is 0 Å². The topological polar surface area (TPSA) is 41.2 Å². The van der Waals surface area contributed by atoms with Crippen LogP contribution < -0.4 is 4.57 Å². The van der Waals surface area contributed by atoms with Crippen molar-refractivity contribution in [2.75, 3.05) is 0 Å². The van der Waals surface area contributed by atoms with Gasteiger partial charge in [0.25, 0.3) is 0 Å². The first kappa shape index (κ1) is 21.5. The van der Waals surface area contributed by atoms with E-state index in [1.165, 1.54) is 23.4 Å². The standard InChI is InChI=1S/C28H23NO2S/c1-6-19(12-11-15-25-27(30)21(7-2)24(8-3)32(25)31)20-16-17-29-23-14-10-9-13-22(23)28(4,5)26(29)18-20/h1,7-18H,2-3H2,4-5H3/p+1. The first-order chi connectivity index (χ1) is 15.3. The minimum atomic E-state index is -1.50. The van der Waals surface area contributed by atoms with Gasteiger partial charge in [-0.15, -0.1) is 6.42 Å². The van der Waals surface area contributed by atoms with Gasteiger partial charge in [-0.3, -0.25) is 0 Å². The number of pyridine rings is 1. The molecular formula is C28H24NO2S+. The molecule has 4 rings (SSSR count). The number of allylic oxidation sites excluding steroid dienone is 6. The number of para-hydroxylation sites is 1. The van der Waals surface area contributed by atoms with E-state index < -0.39 is 10.8 Å². The first-order valence-electron chi connectivity index (χ1n) is 10.2. The molecule has 1 aromatic carbocycles. The van der Waals surface area contributed by atoms with Crippen LogP contribution in [-0.2, 0) is 16.2 Å². The van der Waals surface area contributed by atoms with Gasteiger partial charge in [-0.2, -0.15) is 4.57 Å². The van der Waals surface area contributed by atoms with Crippen molar-refractivity contribution in [2.24, 2.45) is 0 Å². The van der Waals surface area contributed by atoms with E-state index in [0.717, 1.165) is 11.3 Å². The van der Waals surface area contributed by atoms with Gasteiger partial charge >= 0.3 is 0 Å². The second-order valence-corrected chi connectivity index (χ2v) is 9.48. The highest BCUT2D eigenvalue weighted by atomic mass is 32.2. The number of aliphatic hydroxyl groups is 1. The Hall–Kier alpha value is -3.68. The zero-order valence-electron chi connectivity index (χ0n) is 18.1. The highest BCUT2D eigenvalue weighted by Crippen LogP contribution is 2.38. The number of hydrogen-bond donors (Lipinski definition) is 1. The third kappa shape index (κ3) is 3.23. The van der Waals surface area contributed by atoms with Gasteiger partial charge in [0.15, 0.2) is 11.9 Å². The normalized spacial score (nSPS) is 19.2. The molecule has 0 amide bonds. The Labute approximate surface area is 191 Å². The van der Waals surface area contributed by atoms with E-state index >= 15 is 0 Å². The molecule has 0 spiro atoms. The van der Waals surface area contributed by atoms with Crippen molar-refractivity contribution in [3.8, 4) is 18.0 Å². The Morgan fingerprint density at radius 1 is 1.19 bits per heavy atom. The van der Waals surface area contributed by atoms with Gasteiger partial charge in [0, 0.05) is 40.5 Å². The van der Waals surface area contributed by atoms with E-state index in [1.54, 1.807) is 18.2 Å². The van der Waals surface area contributed by atoms with E-state index in [1.807, 2.05) is 18.3 Å². The molecule has 2 aliphatic rings. The maximum atomic E-state index is 12.6. The predicted molar refractivity (Wildman–Crippen MR) is 131 cm³/mol. The zero-order valence-corrected chi connectivity index (χ0v) is 18.9. The van der Waals surface area contributed by atoms with Gasteiger partial charge in [-0.05, 0) is 26.0 Å². The number of aliphatic hydroxyl groups excluding tert-OH is 1. The van der Waals surface area contributed by atoms with E-state index in [0.29, 0.717) is 21.0 Å². The summed E-state index contributed by atoms with van der Waals surface area (Å²) in [6, 6.07) is 12.5. The molecule has 0 bridgehead atoms. The summed E-state index contributed by atoms with van der Waals surface area (Å²) in [4.78, 5) is 0.763. The molecule has 0 saturated heterocycles. The summed E-state index contributed by atoms with van der Waals surface area (Å²) < 4.78 is 14.8. The maximum absolute atomic E-state index is 12.6. The van der Waals surface area contributed by atoms with Crippen molar-refractivity contribution >= 4 is 16.4 Å². The van der Waals surface area contributed by atoms with Gasteiger partial charge in [0.05, 0.1) is 26.0 Å². The van der Waals surface area contributed by atoms with Crippen LogP contribution in [0.1, 0.15) is 30.7 Å². The monoisotopic (exact) mass is 438 g/mol. The molecule has 4 heteroatoms. The lowest BCUT2D eigenvalue weighted by atomic mass is 9.82. The molecule has 0 radical (unpaired) electrons. The van der Waals surface area contributed by atoms with E-state index in [-0.39, 0.29) is 11.2 Å². The molecule has 0 aliphatic carbocycles. The second kappa shape index (κ2) is 8.11. The third-order valence-electron chi connectivity index (χ3n) is 5.95. The molecule has 2 aliphatic heterocycles. The van der Waals surface area contributed by atoms with Crippen molar-refractivity contribution in [3.63, 3.8) is 0 Å². The summed E-state index contributed by atoms with van der Waals surface area (Å²) in [6.45, 7) is 11.8. The van der Waals surface area contributed by atoms with Crippen molar-refractivity contribution in [3.05, 3.63) is 124 Å². The lowest BCUT2D eigenvalue weighted by molar-refractivity contribution is -0.599. The summed E-state index contributed by atoms with van der Waals surface area (Å²) >= 11 is 0. The highest BCUT2D eigenvalue weighted by Gasteiger charge is 2.43. The number of fused-ring (bicyclic) bond motifs is 3. The predicted octanol–water partition coefficient (Wildman–Crippen LogP) is 5.33. The van der Waals surface area contributed by atoms with Crippen LogP contribution in [0.4, 0.5) is 0 Å². The summed E-state index contributed by atoms with van der Waals surface area (Å²) in [5.74, 6) is 2.70. The maximum Gasteiger partial charge on any atom is 0.215 e. The molecular weight excluding hydrogens is 414 g/mol. The van der Waals surface area contributed by atoms with Gasteiger partial charge in [-0.25, -0.2) is 4.21 Å². The smallest absolute Gasteiger partial charge is 0.215 e. The molecule has 158 valence electrons. The van der Waals surface area contributed by atoms with Crippen LogP contribution in [0.3, 0.4) is 0 Å². The zero-order chi connectivity index (χ0) is 23.0. The average Bonchev–Trinajstić information content (AvgIpc) is 3.17. The van der Waals surface area contributed by atoms with Gasteiger partial charge in [-0.1, -0.05) is 55.5 Å². The van der Waals surface area contributed by atoms with Crippen LogP contribution in [0.2, 0.25) is 0 Å². The van der Waals surface area contributed by atoms with Crippen molar-refractivity contribution < 1.29 is 13.9 Å². The van der Waals surface area contributed by atoms with Crippen LogP contribution in [0, 0.1) is 12.3 Å². The molecule has 1 unspecified atom stereocenters. The Morgan fingerprint density at radius 2 is 1.94 bits per heavy atom. The van der Waals surface area contributed by atoms with Gasteiger partial charge < -0.3 is 5.11 Å². The summed E-state index contributed by atoms with van der Waals surface area (Å²) in [5.41, 5.74) is 5.53. The fraction of sp³-hybridized carbons (Fsp3) is 0.107. The highest BCUT2D eigenvalue weighted by molar-refractivity contribution is 7.93. The van der Waals surface area contributed by atoms with E-state index in [2.05, 4.69) is 61.8 Å². The largest absolute Gasteiger partial charge is 0.506 e. The molecule has 0 saturated carbocycles. The summed E-state index contributed by atoms with van der Waals surface area (Å²) in [6.07, 6.45) is 16.0. The van der Waals surface area contributed by atoms with Crippen LogP contribution in [0.5, 0.6) is 0 Å². The number of hydrogen-bond acceptors (Lipinski definition) is 2. The quantitative estimate of drug-likeness (QED) is 0.389. The summed E-state index contributed by atoms with van der Waals surface area (Å²) in [5, 5.41) is 10.4.